The predicted octanol–water partition coefficient (Wildman–Crippen LogP) is -0.463. The van der Waals surface area contributed by atoms with E-state index in [1.807, 2.05) is 0 Å². The van der Waals surface area contributed by atoms with E-state index in [9.17, 15) is 14.4 Å². The molecule has 1 aromatic rings. The molecule has 1 unspecified atom stereocenters. The smallest absolute Gasteiger partial charge is 0.251 e. The molecule has 0 aromatic heterocycles. The summed E-state index contributed by atoms with van der Waals surface area (Å²) in [6.45, 7) is 0. The van der Waals surface area contributed by atoms with Crippen molar-refractivity contribution in [2.24, 2.45) is 5.73 Å². The summed E-state index contributed by atoms with van der Waals surface area (Å²) in [7, 11) is 1.43. The number of nitrogens with two attached hydrogens (primary N) is 2. The van der Waals surface area contributed by atoms with Crippen molar-refractivity contribution < 1.29 is 14.4 Å². The van der Waals surface area contributed by atoms with Crippen LogP contribution in [0.25, 0.3) is 0 Å². The number of rotatable bonds is 3. The lowest BCUT2D eigenvalue weighted by molar-refractivity contribution is -0.136. The second-order valence-corrected chi connectivity index (χ2v) is 4.36. The van der Waals surface area contributed by atoms with Crippen molar-refractivity contribution in [1.29, 1.82) is 0 Å². The Bertz CT molecular complexity index is 570. The second kappa shape index (κ2) is 4.60. The Labute approximate surface area is 109 Å². The number of carbonyl (C=O) groups is 3. The number of likely N-dealkylation sites (tertiary alicyclic amines) is 1. The van der Waals surface area contributed by atoms with Gasteiger partial charge in [-0.15, -0.1) is 0 Å². The molecule has 1 aromatic carbocycles. The molecule has 1 aliphatic heterocycles. The van der Waals surface area contributed by atoms with Crippen LogP contribution in [0, 0.1) is 0 Å². The van der Waals surface area contributed by atoms with Gasteiger partial charge < -0.3 is 16.8 Å². The van der Waals surface area contributed by atoms with Crippen molar-refractivity contribution in [2.75, 3.05) is 18.1 Å². The second-order valence-electron chi connectivity index (χ2n) is 4.36. The van der Waals surface area contributed by atoms with Crippen molar-refractivity contribution in [2.45, 2.75) is 12.5 Å². The van der Waals surface area contributed by atoms with Crippen molar-refractivity contribution in [1.82, 2.24) is 4.90 Å². The fourth-order valence-corrected chi connectivity index (χ4v) is 1.89. The number of hydrogen-bond donors (Lipinski definition) is 3. The average molecular weight is 262 g/mol. The number of imide groups is 1. The summed E-state index contributed by atoms with van der Waals surface area (Å²) in [6, 6.07) is 3.82. The first kappa shape index (κ1) is 12.9. The fourth-order valence-electron chi connectivity index (χ4n) is 1.89. The molecule has 7 heteroatoms. The molecule has 1 heterocycles. The first-order valence-electron chi connectivity index (χ1n) is 5.66. The summed E-state index contributed by atoms with van der Waals surface area (Å²) in [6.07, 6.45) is 0.0651. The lowest BCUT2D eigenvalue weighted by Crippen LogP contribution is -2.32. The highest BCUT2D eigenvalue weighted by atomic mass is 16.2. The maximum atomic E-state index is 11.8. The molecule has 0 saturated carbocycles. The summed E-state index contributed by atoms with van der Waals surface area (Å²) >= 11 is 0. The van der Waals surface area contributed by atoms with Gasteiger partial charge in [0.05, 0.1) is 17.8 Å². The van der Waals surface area contributed by atoms with Gasteiger partial charge in [0.1, 0.15) is 6.04 Å². The molecule has 1 fully saturated rings. The summed E-state index contributed by atoms with van der Waals surface area (Å²) in [5.74, 6) is -1.17. The number of nitrogen functional groups attached to an aromatic ring is 1. The molecule has 7 nitrogen and oxygen atoms in total. The van der Waals surface area contributed by atoms with E-state index in [1.54, 1.807) is 0 Å². The van der Waals surface area contributed by atoms with E-state index in [4.69, 9.17) is 11.5 Å². The largest absolute Gasteiger partial charge is 0.397 e. The van der Waals surface area contributed by atoms with Gasteiger partial charge in [0.25, 0.3) is 5.91 Å². The minimum atomic E-state index is -0.664. The number of nitrogens with one attached hydrogen (secondary N) is 1. The molecule has 0 spiro atoms. The Balaban J connectivity index is 2.24. The summed E-state index contributed by atoms with van der Waals surface area (Å²) < 4.78 is 0. The molecule has 1 aliphatic rings. The Morgan fingerprint density at radius 2 is 2.11 bits per heavy atom. The number of carbonyl (C=O) groups excluding carboxylic acids is 3. The highest BCUT2D eigenvalue weighted by molar-refractivity contribution is 6.07. The van der Waals surface area contributed by atoms with E-state index < -0.39 is 11.9 Å². The van der Waals surface area contributed by atoms with Crippen molar-refractivity contribution in [3.05, 3.63) is 23.8 Å². The lowest BCUT2D eigenvalue weighted by atomic mass is 10.1. The van der Waals surface area contributed by atoms with Gasteiger partial charge in [0.2, 0.25) is 11.8 Å². The van der Waals surface area contributed by atoms with E-state index in [-0.39, 0.29) is 23.8 Å². The van der Waals surface area contributed by atoms with E-state index in [1.165, 1.54) is 25.2 Å². The van der Waals surface area contributed by atoms with Crippen LogP contribution in [0.3, 0.4) is 0 Å². The number of primary amides is 1. The Morgan fingerprint density at radius 3 is 2.63 bits per heavy atom. The third-order valence-electron chi connectivity index (χ3n) is 3.05. The first-order valence-corrected chi connectivity index (χ1v) is 5.66. The van der Waals surface area contributed by atoms with Crippen LogP contribution < -0.4 is 16.8 Å². The molecule has 0 radical (unpaired) electrons. The van der Waals surface area contributed by atoms with Crippen LogP contribution in [-0.4, -0.2) is 35.7 Å². The van der Waals surface area contributed by atoms with Crippen LogP contribution in [-0.2, 0) is 9.59 Å². The molecule has 3 amide bonds. The Morgan fingerprint density at radius 1 is 1.42 bits per heavy atom. The van der Waals surface area contributed by atoms with Crippen LogP contribution >= 0.6 is 0 Å². The SMILES string of the molecule is CN1C(=O)CC(Nc2cc(C(N)=O)ccc2N)C1=O. The first-order chi connectivity index (χ1) is 8.90. The maximum Gasteiger partial charge on any atom is 0.251 e. The highest BCUT2D eigenvalue weighted by Crippen LogP contribution is 2.23. The van der Waals surface area contributed by atoms with Crippen molar-refractivity contribution >= 4 is 29.1 Å². The summed E-state index contributed by atoms with van der Waals surface area (Å²) in [5, 5.41) is 2.87. The minimum absolute atomic E-state index is 0.0651. The number of likely N-dealkylation sites (N-methyl/N-ethyl adjacent to an activating group) is 1. The molecule has 1 atom stereocenters. The van der Waals surface area contributed by atoms with Gasteiger partial charge in [-0.3, -0.25) is 19.3 Å². The zero-order valence-electron chi connectivity index (χ0n) is 10.3. The molecular formula is C12H14N4O3. The predicted molar refractivity (Wildman–Crippen MR) is 69.2 cm³/mol. The van der Waals surface area contributed by atoms with Gasteiger partial charge in [-0.1, -0.05) is 0 Å². The number of nitrogens with zero attached hydrogens (tertiary/aromatic N) is 1. The lowest BCUT2D eigenvalue weighted by Gasteiger charge is -2.14. The highest BCUT2D eigenvalue weighted by Gasteiger charge is 2.36. The molecular weight excluding hydrogens is 248 g/mol. The standard InChI is InChI=1S/C12H14N4O3/c1-16-10(17)5-9(12(16)19)15-8-4-6(11(14)18)2-3-7(8)13/h2-4,9,15H,5,13H2,1H3,(H2,14,18). The van der Waals surface area contributed by atoms with Crippen LogP contribution in [0.4, 0.5) is 11.4 Å². The van der Waals surface area contributed by atoms with Gasteiger partial charge >= 0.3 is 0 Å². The van der Waals surface area contributed by atoms with Crippen molar-refractivity contribution in [3.8, 4) is 0 Å². The van der Waals surface area contributed by atoms with Crippen LogP contribution in [0.5, 0.6) is 0 Å². The normalized spacial score (nSPS) is 18.8. The summed E-state index contributed by atoms with van der Waals surface area (Å²) in [4.78, 5) is 35.3. The number of anilines is 2. The number of hydrogen-bond acceptors (Lipinski definition) is 5. The molecule has 1 saturated heterocycles. The van der Waals surface area contributed by atoms with Crippen LogP contribution in [0.2, 0.25) is 0 Å². The van der Waals surface area contributed by atoms with E-state index in [0.717, 1.165) is 4.90 Å². The third-order valence-corrected chi connectivity index (χ3v) is 3.05. The molecule has 0 bridgehead atoms. The Kier molecular flexibility index (Phi) is 3.12. The van der Waals surface area contributed by atoms with E-state index in [0.29, 0.717) is 11.4 Å². The molecule has 5 N–H and O–H groups in total. The quantitative estimate of drug-likeness (QED) is 0.503. The summed E-state index contributed by atoms with van der Waals surface area (Å²) in [5.41, 5.74) is 12.0. The van der Waals surface area contributed by atoms with Gasteiger partial charge in [-0.25, -0.2) is 0 Å². The average Bonchev–Trinajstić information content (AvgIpc) is 2.59. The molecule has 0 aliphatic carbocycles. The topological polar surface area (TPSA) is 119 Å². The Hall–Kier alpha value is -2.57. The molecule has 2 rings (SSSR count). The monoisotopic (exact) mass is 262 g/mol. The zero-order valence-corrected chi connectivity index (χ0v) is 10.3. The van der Waals surface area contributed by atoms with E-state index >= 15 is 0 Å². The third kappa shape index (κ3) is 2.35. The maximum absolute atomic E-state index is 11.8. The van der Waals surface area contributed by atoms with Gasteiger partial charge in [-0.05, 0) is 18.2 Å². The molecule has 19 heavy (non-hydrogen) atoms. The van der Waals surface area contributed by atoms with Crippen LogP contribution in [0.1, 0.15) is 16.8 Å². The number of amides is 3. The van der Waals surface area contributed by atoms with Crippen molar-refractivity contribution in [3.63, 3.8) is 0 Å². The van der Waals surface area contributed by atoms with Gasteiger partial charge in [-0.2, -0.15) is 0 Å². The number of benzene rings is 1. The fraction of sp³-hybridized carbons (Fsp3) is 0.250. The molecule has 100 valence electrons. The van der Waals surface area contributed by atoms with Gasteiger partial charge in [0.15, 0.2) is 0 Å². The zero-order chi connectivity index (χ0) is 14.2. The minimum Gasteiger partial charge on any atom is -0.397 e. The van der Waals surface area contributed by atoms with E-state index in [2.05, 4.69) is 5.32 Å². The van der Waals surface area contributed by atoms with Crippen LogP contribution in [0.15, 0.2) is 18.2 Å². The van der Waals surface area contributed by atoms with Gasteiger partial charge in [0, 0.05) is 12.6 Å².